The average Bonchev–Trinajstić information content (AvgIpc) is 2.45. The van der Waals surface area contributed by atoms with Crippen LogP contribution < -0.4 is 0 Å². The Morgan fingerprint density at radius 2 is 1.75 bits per heavy atom. The van der Waals surface area contributed by atoms with E-state index >= 15 is 0 Å². The minimum absolute atomic E-state index is 0.284. The Balaban J connectivity index is 2.99. The fourth-order valence-corrected chi connectivity index (χ4v) is 1.68. The quantitative estimate of drug-likeness (QED) is 0.316. The molecule has 4 atom stereocenters. The summed E-state index contributed by atoms with van der Waals surface area (Å²) in [4.78, 5) is 22.6. The van der Waals surface area contributed by atoms with E-state index in [0.717, 1.165) is 20.3 Å². The van der Waals surface area contributed by atoms with Gasteiger partial charge >= 0.3 is 11.9 Å². The normalized spacial score (nSPS) is 29.1. The summed E-state index contributed by atoms with van der Waals surface area (Å²) in [6.45, 7) is 3.29. The summed E-state index contributed by atoms with van der Waals surface area (Å²) in [6.07, 6.45) is -5.05. The summed E-state index contributed by atoms with van der Waals surface area (Å²) in [5, 5.41) is 29.1. The number of hydrogen-bond acceptors (Lipinski definition) is 8. The van der Waals surface area contributed by atoms with Gasteiger partial charge in [0.15, 0.2) is 5.76 Å². The van der Waals surface area contributed by atoms with Crippen molar-refractivity contribution in [2.45, 2.75) is 24.4 Å². The van der Waals surface area contributed by atoms with Crippen molar-refractivity contribution in [3.8, 4) is 0 Å². The molecule has 0 heterocycles. The molecule has 0 aromatic heterocycles. The maximum atomic E-state index is 11.4. The molecule has 1 aliphatic rings. The minimum Gasteiger partial charge on any atom is -0.477 e. The highest BCUT2D eigenvalue weighted by Gasteiger charge is 2.41. The summed E-state index contributed by atoms with van der Waals surface area (Å²) in [6, 6.07) is 0. The molecule has 0 aromatic carbocycles. The highest BCUT2D eigenvalue weighted by atomic mass is 16.6. The number of methoxy groups -OCH3 is 2. The molecular weight excluding hydrogens is 272 g/mol. The van der Waals surface area contributed by atoms with Crippen molar-refractivity contribution < 1.29 is 39.1 Å². The second kappa shape index (κ2) is 6.51. The van der Waals surface area contributed by atoms with Crippen molar-refractivity contribution in [1.82, 2.24) is 0 Å². The molecule has 0 aromatic rings. The molecule has 0 unspecified atom stereocenters. The van der Waals surface area contributed by atoms with Gasteiger partial charge in [0.25, 0.3) is 0 Å². The second-order valence-corrected chi connectivity index (χ2v) is 4.04. The Kier molecular flexibility index (Phi) is 5.26. The number of hydrogen-bond donors (Lipinski definition) is 3. The molecule has 0 aliphatic heterocycles. The maximum Gasteiger partial charge on any atom is 0.372 e. The van der Waals surface area contributed by atoms with Crippen LogP contribution in [0.15, 0.2) is 24.0 Å². The number of rotatable bonds is 4. The van der Waals surface area contributed by atoms with Crippen LogP contribution in [0.4, 0.5) is 0 Å². The standard InChI is InChI=1S/C12H16O8/c1-5(11(16)18-2)20-7-4-6(12(17)19-3)8(13)10(15)9(7)14/h4,7-10,13-15H,1H2,2-3H3/t7-,8-,9+,10+/m0/s1. The molecule has 3 N–H and O–H groups in total. The van der Waals surface area contributed by atoms with Crippen molar-refractivity contribution >= 4 is 11.9 Å². The Hall–Kier alpha value is -1.90. The van der Waals surface area contributed by atoms with Gasteiger partial charge in [-0.15, -0.1) is 0 Å². The van der Waals surface area contributed by atoms with Gasteiger partial charge in [0.1, 0.15) is 24.4 Å². The highest BCUT2D eigenvalue weighted by molar-refractivity contribution is 5.90. The summed E-state index contributed by atoms with van der Waals surface area (Å²) in [7, 11) is 2.21. The van der Waals surface area contributed by atoms with Gasteiger partial charge in [0.05, 0.1) is 19.8 Å². The summed E-state index contributed by atoms with van der Waals surface area (Å²) in [5.41, 5.74) is -0.284. The maximum absolute atomic E-state index is 11.4. The highest BCUT2D eigenvalue weighted by Crippen LogP contribution is 2.24. The van der Waals surface area contributed by atoms with E-state index in [9.17, 15) is 24.9 Å². The number of esters is 2. The fraction of sp³-hybridized carbons (Fsp3) is 0.500. The molecule has 112 valence electrons. The summed E-state index contributed by atoms with van der Waals surface area (Å²) < 4.78 is 13.8. The molecule has 1 aliphatic carbocycles. The number of carbonyl (C=O) groups excluding carboxylic acids is 2. The lowest BCUT2D eigenvalue weighted by molar-refractivity contribution is -0.147. The van der Waals surface area contributed by atoms with E-state index < -0.39 is 42.1 Å². The van der Waals surface area contributed by atoms with Crippen LogP contribution in [0, 0.1) is 0 Å². The van der Waals surface area contributed by atoms with Crippen LogP contribution in [0.3, 0.4) is 0 Å². The number of aliphatic hydroxyl groups excluding tert-OH is 3. The van der Waals surface area contributed by atoms with Crippen LogP contribution in [-0.4, -0.2) is 65.9 Å². The number of aliphatic hydroxyl groups is 3. The van der Waals surface area contributed by atoms with Crippen molar-refractivity contribution in [3.05, 3.63) is 24.0 Å². The van der Waals surface area contributed by atoms with Gasteiger partial charge in [-0.1, -0.05) is 0 Å². The predicted molar refractivity (Wildman–Crippen MR) is 64.1 cm³/mol. The Morgan fingerprint density at radius 1 is 1.15 bits per heavy atom. The predicted octanol–water partition coefficient (Wildman–Crippen LogP) is -1.75. The Labute approximate surface area is 114 Å². The van der Waals surface area contributed by atoms with Crippen molar-refractivity contribution in [3.63, 3.8) is 0 Å². The average molecular weight is 288 g/mol. The van der Waals surface area contributed by atoms with E-state index in [1.807, 2.05) is 0 Å². The van der Waals surface area contributed by atoms with E-state index in [2.05, 4.69) is 16.1 Å². The molecule has 20 heavy (non-hydrogen) atoms. The smallest absolute Gasteiger partial charge is 0.372 e. The molecule has 0 spiro atoms. The minimum atomic E-state index is -1.68. The van der Waals surface area contributed by atoms with Gasteiger partial charge < -0.3 is 29.5 Å². The van der Waals surface area contributed by atoms with Gasteiger partial charge in [-0.25, -0.2) is 9.59 Å². The van der Waals surface area contributed by atoms with E-state index in [1.54, 1.807) is 0 Å². The molecule has 0 bridgehead atoms. The first-order chi connectivity index (χ1) is 9.33. The molecule has 8 heteroatoms. The van der Waals surface area contributed by atoms with Crippen LogP contribution in [0.25, 0.3) is 0 Å². The zero-order valence-corrected chi connectivity index (χ0v) is 11.0. The van der Waals surface area contributed by atoms with E-state index in [4.69, 9.17) is 4.74 Å². The Morgan fingerprint density at radius 3 is 2.25 bits per heavy atom. The number of carbonyl (C=O) groups is 2. The molecule has 0 saturated carbocycles. The lowest BCUT2D eigenvalue weighted by Gasteiger charge is -2.33. The first kappa shape index (κ1) is 16.2. The monoisotopic (exact) mass is 288 g/mol. The van der Waals surface area contributed by atoms with E-state index in [0.29, 0.717) is 0 Å². The van der Waals surface area contributed by atoms with Crippen molar-refractivity contribution in [1.29, 1.82) is 0 Å². The second-order valence-electron chi connectivity index (χ2n) is 4.04. The first-order valence-electron chi connectivity index (χ1n) is 5.61. The van der Waals surface area contributed by atoms with E-state index in [-0.39, 0.29) is 5.57 Å². The van der Waals surface area contributed by atoms with Crippen molar-refractivity contribution in [2.24, 2.45) is 0 Å². The molecule has 0 fully saturated rings. The van der Waals surface area contributed by atoms with Crippen LogP contribution in [0.2, 0.25) is 0 Å². The first-order valence-corrected chi connectivity index (χ1v) is 5.61. The Bertz CT molecular complexity index is 441. The van der Waals surface area contributed by atoms with Crippen molar-refractivity contribution in [2.75, 3.05) is 14.2 Å². The molecule has 0 amide bonds. The van der Waals surface area contributed by atoms with Gasteiger partial charge in [-0.05, 0) is 12.7 Å². The van der Waals surface area contributed by atoms with Gasteiger partial charge in [-0.3, -0.25) is 0 Å². The van der Waals surface area contributed by atoms with Crippen LogP contribution in [-0.2, 0) is 23.8 Å². The molecule has 8 nitrogen and oxygen atoms in total. The largest absolute Gasteiger partial charge is 0.477 e. The molecular formula is C12H16O8. The zero-order chi connectivity index (χ0) is 15.4. The van der Waals surface area contributed by atoms with Gasteiger partial charge in [0, 0.05) is 0 Å². The molecule has 0 radical (unpaired) electrons. The lowest BCUT2D eigenvalue weighted by atomic mass is 9.89. The summed E-state index contributed by atoms with van der Waals surface area (Å²) >= 11 is 0. The van der Waals surface area contributed by atoms with Gasteiger partial charge in [0.2, 0.25) is 0 Å². The lowest BCUT2D eigenvalue weighted by Crippen LogP contribution is -2.50. The third-order valence-corrected chi connectivity index (χ3v) is 2.78. The third-order valence-electron chi connectivity index (χ3n) is 2.78. The van der Waals surface area contributed by atoms with Gasteiger partial charge in [-0.2, -0.15) is 0 Å². The summed E-state index contributed by atoms with van der Waals surface area (Å²) in [5.74, 6) is -2.17. The van der Waals surface area contributed by atoms with E-state index in [1.165, 1.54) is 0 Å². The van der Waals surface area contributed by atoms with Crippen LogP contribution in [0.5, 0.6) is 0 Å². The molecule has 0 saturated heterocycles. The van der Waals surface area contributed by atoms with Crippen LogP contribution >= 0.6 is 0 Å². The third kappa shape index (κ3) is 3.16. The van der Waals surface area contributed by atoms with Crippen LogP contribution in [0.1, 0.15) is 0 Å². The SMILES string of the molecule is C=C(O[C@H]1C=C(C(=O)OC)[C@H](O)[C@@H](O)[C@@H]1O)C(=O)OC. The number of ether oxygens (including phenoxy) is 3. The zero-order valence-electron chi connectivity index (χ0n) is 11.0. The molecule has 1 rings (SSSR count). The topological polar surface area (TPSA) is 123 Å². The fourth-order valence-electron chi connectivity index (χ4n) is 1.68.